The van der Waals surface area contributed by atoms with Gasteiger partial charge >= 0.3 is 6.09 Å². The third kappa shape index (κ3) is 7.71. The number of fused-ring (bicyclic) bond motifs is 1. The second-order valence-corrected chi connectivity index (χ2v) is 14.3. The van der Waals surface area contributed by atoms with Crippen LogP contribution >= 0.6 is 0 Å². The Balaban J connectivity index is 1.96. The molecular weight excluding hydrogens is 450 g/mol. The van der Waals surface area contributed by atoms with E-state index in [1.54, 1.807) is 4.90 Å². The highest BCUT2D eigenvalue weighted by Gasteiger charge is 2.34. The van der Waals surface area contributed by atoms with Gasteiger partial charge in [-0.3, -0.25) is 4.90 Å². The van der Waals surface area contributed by atoms with Crippen LogP contribution in [0, 0.1) is 12.3 Å². The topological polar surface area (TPSA) is 38.8 Å². The van der Waals surface area contributed by atoms with Gasteiger partial charge in [-0.2, -0.15) is 0 Å². The lowest BCUT2D eigenvalue weighted by molar-refractivity contribution is -0.0168. The molecule has 0 aromatic heterocycles. The summed E-state index contributed by atoms with van der Waals surface area (Å²) in [5.41, 5.74) is 2.03. The highest BCUT2D eigenvalue weighted by atomic mass is 28.4. The van der Waals surface area contributed by atoms with E-state index in [9.17, 15) is 4.79 Å². The maximum atomic E-state index is 13.7. The Kier molecular flexibility index (Phi) is 9.53. The van der Waals surface area contributed by atoms with Gasteiger partial charge in [0.25, 0.3) is 0 Å². The summed E-state index contributed by atoms with van der Waals surface area (Å²) in [5.74, 6) is 2.71. The fourth-order valence-electron chi connectivity index (χ4n) is 4.29. The Morgan fingerprint density at radius 1 is 0.971 bits per heavy atom. The molecule has 5 heteroatoms. The predicted molar refractivity (Wildman–Crippen MR) is 146 cm³/mol. The lowest BCUT2D eigenvalue weighted by atomic mass is 9.98. The van der Waals surface area contributed by atoms with Crippen LogP contribution in [0.2, 0.25) is 19.6 Å². The SMILES string of the molecule is C#CCCCCC(O[Si](C)(C)C)N(C(=O)OCc1ccccc1)[C@@H](C)c1cccc2ccccc12. The quantitative estimate of drug-likeness (QED) is 0.119. The number of carbonyl (C=O) groups excluding carboxylic acids is 1. The molecule has 184 valence electrons. The highest BCUT2D eigenvalue weighted by molar-refractivity contribution is 6.69. The predicted octanol–water partition coefficient (Wildman–Crippen LogP) is 7.91. The van der Waals surface area contributed by atoms with Crippen molar-refractivity contribution in [2.45, 2.75) is 71.1 Å². The van der Waals surface area contributed by atoms with Crippen LogP contribution in [0.4, 0.5) is 4.79 Å². The van der Waals surface area contributed by atoms with Gasteiger partial charge in [0.15, 0.2) is 8.32 Å². The van der Waals surface area contributed by atoms with E-state index in [4.69, 9.17) is 15.6 Å². The van der Waals surface area contributed by atoms with Crippen LogP contribution < -0.4 is 0 Å². The molecule has 1 amide bonds. The third-order valence-corrected chi connectivity index (χ3v) is 6.91. The van der Waals surface area contributed by atoms with Gasteiger partial charge in [0.1, 0.15) is 12.8 Å². The Hall–Kier alpha value is -3.07. The number of carbonyl (C=O) groups is 1. The van der Waals surface area contributed by atoms with E-state index >= 15 is 0 Å². The molecule has 35 heavy (non-hydrogen) atoms. The number of unbranched alkanes of at least 4 members (excludes halogenated alkanes) is 2. The Morgan fingerprint density at radius 3 is 2.37 bits per heavy atom. The number of hydrogen-bond acceptors (Lipinski definition) is 3. The van der Waals surface area contributed by atoms with Crippen molar-refractivity contribution in [2.24, 2.45) is 0 Å². The smallest absolute Gasteiger partial charge is 0.412 e. The molecule has 0 heterocycles. The van der Waals surface area contributed by atoms with Crippen molar-refractivity contribution in [3.05, 3.63) is 83.9 Å². The van der Waals surface area contributed by atoms with Crippen molar-refractivity contribution in [1.82, 2.24) is 4.90 Å². The van der Waals surface area contributed by atoms with Crippen LogP contribution in [0.3, 0.4) is 0 Å². The highest BCUT2D eigenvalue weighted by Crippen LogP contribution is 2.32. The summed E-state index contributed by atoms with van der Waals surface area (Å²) >= 11 is 0. The Bertz CT molecular complexity index is 1130. The zero-order chi connectivity index (χ0) is 25.3. The van der Waals surface area contributed by atoms with E-state index in [0.29, 0.717) is 6.42 Å². The minimum absolute atomic E-state index is 0.217. The molecule has 0 bridgehead atoms. The van der Waals surface area contributed by atoms with Gasteiger partial charge in [-0.15, -0.1) is 12.3 Å². The number of nitrogens with zero attached hydrogens (tertiary/aromatic N) is 1. The molecule has 0 aliphatic rings. The van der Waals surface area contributed by atoms with Crippen LogP contribution in [-0.2, 0) is 15.8 Å². The molecule has 1 unspecified atom stereocenters. The summed E-state index contributed by atoms with van der Waals surface area (Å²) in [5, 5.41) is 2.27. The largest absolute Gasteiger partial charge is 0.444 e. The fraction of sp³-hybridized carbons (Fsp3) is 0.367. The van der Waals surface area contributed by atoms with Crippen molar-refractivity contribution in [3.63, 3.8) is 0 Å². The molecule has 0 aliphatic heterocycles. The molecule has 2 atom stereocenters. The summed E-state index contributed by atoms with van der Waals surface area (Å²) in [7, 11) is -1.97. The zero-order valence-corrected chi connectivity index (χ0v) is 22.4. The molecule has 0 N–H and O–H groups in total. The standard InChI is InChI=1S/C30H37NO3Si/c1-6-7-8-12-22-29(34-35(3,4)5)31(30(32)33-23-25-16-10-9-11-17-25)24(2)27-21-15-19-26-18-13-14-20-28(26)27/h1,9-11,13-21,24,29H,7-8,12,22-23H2,2-5H3/t24-,29?/m0/s1. The average Bonchev–Trinajstić information content (AvgIpc) is 2.84. The lowest BCUT2D eigenvalue weighted by Gasteiger charge is -2.39. The van der Waals surface area contributed by atoms with Gasteiger partial charge in [0.05, 0.1) is 6.04 Å². The van der Waals surface area contributed by atoms with Gasteiger partial charge in [0, 0.05) is 6.42 Å². The summed E-state index contributed by atoms with van der Waals surface area (Å²) in [6, 6.07) is 24.0. The van der Waals surface area contributed by atoms with E-state index in [1.807, 2.05) is 48.5 Å². The molecule has 4 nitrogen and oxygen atoms in total. The van der Waals surface area contributed by atoms with Crippen LogP contribution in [-0.4, -0.2) is 25.5 Å². The number of amides is 1. The van der Waals surface area contributed by atoms with Gasteiger partial charge < -0.3 is 9.16 Å². The van der Waals surface area contributed by atoms with E-state index in [1.165, 1.54) is 0 Å². The van der Waals surface area contributed by atoms with E-state index in [-0.39, 0.29) is 18.7 Å². The van der Waals surface area contributed by atoms with Crippen LogP contribution in [0.25, 0.3) is 10.8 Å². The van der Waals surface area contributed by atoms with Crippen LogP contribution in [0.5, 0.6) is 0 Å². The minimum Gasteiger partial charge on any atom is -0.444 e. The van der Waals surface area contributed by atoms with Crippen molar-refractivity contribution in [3.8, 4) is 12.3 Å². The number of ether oxygens (including phenoxy) is 1. The molecule has 3 rings (SSSR count). The van der Waals surface area contributed by atoms with Crippen LogP contribution in [0.15, 0.2) is 72.8 Å². The molecule has 0 aliphatic carbocycles. The Labute approximate surface area is 211 Å². The molecular formula is C30H37NO3Si. The normalized spacial score (nSPS) is 13.1. The van der Waals surface area contributed by atoms with Crippen molar-refractivity contribution in [2.75, 3.05) is 0 Å². The van der Waals surface area contributed by atoms with Gasteiger partial charge in [0.2, 0.25) is 0 Å². The molecule has 0 spiro atoms. The van der Waals surface area contributed by atoms with Crippen molar-refractivity contribution < 1.29 is 14.0 Å². The van der Waals surface area contributed by atoms with E-state index < -0.39 is 14.5 Å². The first-order valence-corrected chi connectivity index (χ1v) is 15.8. The Morgan fingerprint density at radius 2 is 1.66 bits per heavy atom. The minimum atomic E-state index is -1.97. The van der Waals surface area contributed by atoms with Gasteiger partial charge in [-0.05, 0) is 67.7 Å². The molecule has 0 saturated carbocycles. The molecule has 0 fully saturated rings. The maximum Gasteiger partial charge on any atom is 0.412 e. The number of terminal acetylenes is 1. The maximum absolute atomic E-state index is 13.7. The summed E-state index contributed by atoms with van der Waals surface area (Å²) in [6.45, 7) is 8.73. The van der Waals surface area contributed by atoms with E-state index in [0.717, 1.165) is 41.2 Å². The average molecular weight is 488 g/mol. The van der Waals surface area contributed by atoms with Crippen molar-refractivity contribution in [1.29, 1.82) is 0 Å². The lowest BCUT2D eigenvalue weighted by Crippen LogP contribution is -2.48. The van der Waals surface area contributed by atoms with Gasteiger partial charge in [-0.1, -0.05) is 72.8 Å². The molecule has 0 radical (unpaired) electrons. The first kappa shape index (κ1) is 26.5. The summed E-state index contributed by atoms with van der Waals surface area (Å²) in [4.78, 5) is 15.5. The van der Waals surface area contributed by atoms with Crippen LogP contribution in [0.1, 0.15) is 49.8 Å². The zero-order valence-electron chi connectivity index (χ0n) is 21.4. The molecule has 0 saturated heterocycles. The molecule has 3 aromatic rings. The molecule has 3 aromatic carbocycles. The fourth-order valence-corrected chi connectivity index (χ4v) is 5.34. The van der Waals surface area contributed by atoms with Crippen molar-refractivity contribution >= 4 is 25.2 Å². The first-order valence-electron chi connectivity index (χ1n) is 12.4. The third-order valence-electron chi connectivity index (χ3n) is 5.93. The summed E-state index contributed by atoms with van der Waals surface area (Å²) in [6.07, 6.45) is 7.92. The number of hydrogen-bond donors (Lipinski definition) is 0. The number of benzene rings is 3. The van der Waals surface area contributed by atoms with Gasteiger partial charge in [-0.25, -0.2) is 4.79 Å². The van der Waals surface area contributed by atoms with E-state index in [2.05, 4.69) is 56.8 Å². The monoisotopic (exact) mass is 487 g/mol. The summed E-state index contributed by atoms with van der Waals surface area (Å²) < 4.78 is 12.5. The second-order valence-electron chi connectivity index (χ2n) is 9.83. The second kappa shape index (κ2) is 12.6. The number of rotatable bonds is 11. The first-order chi connectivity index (χ1) is 16.8.